The fourth-order valence-electron chi connectivity index (χ4n) is 4.25. The zero-order valence-electron chi connectivity index (χ0n) is 28.5. The van der Waals surface area contributed by atoms with Crippen molar-refractivity contribution in [3.8, 4) is 23.0 Å². The molecule has 3 rings (SSSR count). The van der Waals surface area contributed by atoms with Crippen molar-refractivity contribution in [2.75, 3.05) is 20.3 Å². The number of carbonyl (C=O) groups is 3. The molecular weight excluding hydrogens is 608 g/mol. The van der Waals surface area contributed by atoms with Gasteiger partial charge in [-0.2, -0.15) is 0 Å². The summed E-state index contributed by atoms with van der Waals surface area (Å²) in [7, 11) is 1.52. The first-order valence-corrected chi connectivity index (χ1v) is 16.2. The maximum absolute atomic E-state index is 12.8. The van der Waals surface area contributed by atoms with E-state index in [4.69, 9.17) is 23.7 Å². The van der Waals surface area contributed by atoms with E-state index in [9.17, 15) is 14.4 Å². The number of hydrogen-bond acceptors (Lipinski definition) is 8. The van der Waals surface area contributed by atoms with Gasteiger partial charge in [0, 0.05) is 5.57 Å². The third kappa shape index (κ3) is 15.0. The van der Waals surface area contributed by atoms with Crippen LogP contribution in [0.1, 0.15) is 84.6 Å². The molecule has 0 radical (unpaired) electrons. The first kappa shape index (κ1) is 39.1. The number of hydrogen-bond donors (Lipinski definition) is 0. The SMILES string of the molecule is C=C(C)C(=O)OCCCCCCCCCCOc1ccc(C(=O)Oc2ccc(C(=O)Oc3ccc(C)cc3)cc2)cc1OC.C=CC=C. The molecule has 8 heteroatoms. The highest BCUT2D eigenvalue weighted by molar-refractivity contribution is 5.93. The highest BCUT2D eigenvalue weighted by Crippen LogP contribution is 2.29. The lowest BCUT2D eigenvalue weighted by Gasteiger charge is -2.12. The molecule has 0 atom stereocenters. The normalized spacial score (nSPS) is 10.1. The summed E-state index contributed by atoms with van der Waals surface area (Å²) in [6, 6.07) is 18.3. The number of ether oxygens (including phenoxy) is 5. The van der Waals surface area contributed by atoms with Gasteiger partial charge in [-0.1, -0.05) is 88.1 Å². The van der Waals surface area contributed by atoms with Gasteiger partial charge in [0.15, 0.2) is 11.5 Å². The smallest absolute Gasteiger partial charge is 0.343 e. The molecule has 0 heterocycles. The predicted molar refractivity (Wildman–Crippen MR) is 189 cm³/mol. The summed E-state index contributed by atoms with van der Waals surface area (Å²) >= 11 is 0. The molecule has 0 unspecified atom stereocenters. The minimum absolute atomic E-state index is 0.297. The molecule has 48 heavy (non-hydrogen) atoms. The zero-order valence-corrected chi connectivity index (χ0v) is 28.5. The number of methoxy groups -OCH3 is 1. The van der Waals surface area contributed by atoms with Crippen LogP contribution in [0.5, 0.6) is 23.0 Å². The molecule has 3 aromatic rings. The molecule has 0 aromatic heterocycles. The average molecular weight is 657 g/mol. The number of aryl methyl sites for hydroxylation is 1. The minimum atomic E-state index is -0.558. The van der Waals surface area contributed by atoms with Crippen LogP contribution in [0, 0.1) is 6.92 Å². The largest absolute Gasteiger partial charge is 0.493 e. The summed E-state index contributed by atoms with van der Waals surface area (Å²) < 4.78 is 27.3. The third-order valence-corrected chi connectivity index (χ3v) is 6.98. The van der Waals surface area contributed by atoms with Crippen molar-refractivity contribution in [3.63, 3.8) is 0 Å². The first-order chi connectivity index (χ1) is 23.2. The van der Waals surface area contributed by atoms with Crippen LogP contribution in [0.15, 0.2) is 104 Å². The molecule has 0 spiro atoms. The van der Waals surface area contributed by atoms with E-state index in [0.717, 1.165) is 56.9 Å². The molecule has 0 bridgehead atoms. The molecule has 0 aliphatic heterocycles. The number of unbranched alkanes of at least 4 members (excludes halogenated alkanes) is 7. The lowest BCUT2D eigenvalue weighted by Crippen LogP contribution is -2.10. The van der Waals surface area contributed by atoms with Gasteiger partial charge in [-0.05, 0) is 81.3 Å². The van der Waals surface area contributed by atoms with Crippen molar-refractivity contribution in [2.45, 2.75) is 65.2 Å². The lowest BCUT2D eigenvalue weighted by molar-refractivity contribution is -0.139. The van der Waals surface area contributed by atoms with Crippen molar-refractivity contribution in [2.24, 2.45) is 0 Å². The second kappa shape index (κ2) is 22.4. The summed E-state index contributed by atoms with van der Waals surface area (Å²) in [5.74, 6) is 0.387. The van der Waals surface area contributed by atoms with E-state index >= 15 is 0 Å². The van der Waals surface area contributed by atoms with Gasteiger partial charge in [-0.15, -0.1) is 0 Å². The third-order valence-electron chi connectivity index (χ3n) is 6.98. The zero-order chi connectivity index (χ0) is 35.1. The Labute approximate surface area is 285 Å². The Kier molecular flexibility index (Phi) is 18.3. The molecular formula is C40H48O8. The van der Waals surface area contributed by atoms with Crippen LogP contribution in [0.4, 0.5) is 0 Å². The summed E-state index contributed by atoms with van der Waals surface area (Å²) in [4.78, 5) is 36.5. The Hall–Kier alpha value is -5.11. The van der Waals surface area contributed by atoms with E-state index in [-0.39, 0.29) is 5.97 Å². The molecule has 0 N–H and O–H groups in total. The second-order valence-corrected chi connectivity index (χ2v) is 11.0. The van der Waals surface area contributed by atoms with E-state index < -0.39 is 11.9 Å². The lowest BCUT2D eigenvalue weighted by atomic mass is 10.1. The van der Waals surface area contributed by atoms with Gasteiger partial charge in [0.2, 0.25) is 0 Å². The predicted octanol–water partition coefficient (Wildman–Crippen LogP) is 9.42. The molecule has 256 valence electrons. The van der Waals surface area contributed by atoms with E-state index in [2.05, 4.69) is 19.7 Å². The van der Waals surface area contributed by atoms with Gasteiger partial charge in [0.25, 0.3) is 0 Å². The van der Waals surface area contributed by atoms with Crippen LogP contribution in [0.3, 0.4) is 0 Å². The monoisotopic (exact) mass is 656 g/mol. The van der Waals surface area contributed by atoms with Crippen LogP contribution in [0.2, 0.25) is 0 Å². The summed E-state index contributed by atoms with van der Waals surface area (Å²) in [6.07, 6.45) is 11.8. The average Bonchev–Trinajstić information content (AvgIpc) is 3.09. The topological polar surface area (TPSA) is 97.4 Å². The molecule has 0 aliphatic carbocycles. The van der Waals surface area contributed by atoms with Crippen molar-refractivity contribution < 1.29 is 38.1 Å². The fraction of sp³-hybridized carbons (Fsp3) is 0.325. The Morgan fingerprint density at radius 1 is 0.646 bits per heavy atom. The Morgan fingerprint density at radius 3 is 1.65 bits per heavy atom. The fourth-order valence-corrected chi connectivity index (χ4v) is 4.25. The maximum Gasteiger partial charge on any atom is 0.343 e. The van der Waals surface area contributed by atoms with Gasteiger partial charge < -0.3 is 23.7 Å². The van der Waals surface area contributed by atoms with Crippen molar-refractivity contribution >= 4 is 17.9 Å². The number of carbonyl (C=O) groups excluding carboxylic acids is 3. The van der Waals surface area contributed by atoms with E-state index in [1.165, 1.54) is 7.11 Å². The van der Waals surface area contributed by atoms with Crippen LogP contribution >= 0.6 is 0 Å². The highest BCUT2D eigenvalue weighted by atomic mass is 16.5. The number of esters is 3. The van der Waals surface area contributed by atoms with Gasteiger partial charge in [0.1, 0.15) is 11.5 Å². The van der Waals surface area contributed by atoms with E-state index in [1.54, 1.807) is 73.7 Å². The van der Waals surface area contributed by atoms with Crippen molar-refractivity contribution in [1.29, 1.82) is 0 Å². The van der Waals surface area contributed by atoms with Crippen molar-refractivity contribution in [1.82, 2.24) is 0 Å². The van der Waals surface area contributed by atoms with Crippen LogP contribution in [-0.4, -0.2) is 38.2 Å². The van der Waals surface area contributed by atoms with Crippen LogP contribution < -0.4 is 18.9 Å². The number of rotatable bonds is 19. The second-order valence-electron chi connectivity index (χ2n) is 11.0. The van der Waals surface area contributed by atoms with Crippen molar-refractivity contribution in [3.05, 3.63) is 121 Å². The molecule has 0 amide bonds. The summed E-state index contributed by atoms with van der Waals surface area (Å²) in [5.41, 5.74) is 2.15. The first-order valence-electron chi connectivity index (χ1n) is 16.2. The minimum Gasteiger partial charge on any atom is -0.493 e. The van der Waals surface area contributed by atoms with E-state index in [1.807, 2.05) is 19.1 Å². The quantitative estimate of drug-likeness (QED) is 0.0414. The molecule has 3 aromatic carbocycles. The molecule has 0 saturated carbocycles. The molecule has 8 nitrogen and oxygen atoms in total. The Balaban J connectivity index is 0.00000189. The number of allylic oxidation sites excluding steroid dienone is 2. The van der Waals surface area contributed by atoms with Gasteiger partial charge in [-0.25, -0.2) is 14.4 Å². The van der Waals surface area contributed by atoms with Crippen LogP contribution in [-0.2, 0) is 9.53 Å². The van der Waals surface area contributed by atoms with Crippen LogP contribution in [0.25, 0.3) is 0 Å². The maximum atomic E-state index is 12.8. The highest BCUT2D eigenvalue weighted by Gasteiger charge is 2.15. The Morgan fingerprint density at radius 2 is 1.12 bits per heavy atom. The van der Waals surface area contributed by atoms with Gasteiger partial charge in [-0.3, -0.25) is 0 Å². The Bertz CT molecular complexity index is 1470. The van der Waals surface area contributed by atoms with Gasteiger partial charge >= 0.3 is 17.9 Å². The van der Waals surface area contributed by atoms with Gasteiger partial charge in [0.05, 0.1) is 31.5 Å². The summed E-state index contributed by atoms with van der Waals surface area (Å²) in [5, 5.41) is 0. The molecule has 0 aliphatic rings. The standard InChI is InChI=1S/C36H42O8.C4H6/c1-26(2)34(37)42-24-12-10-8-6-5-7-9-11-23-41-32-22-17-29(25-33(32)40-4)36(39)44-31-20-15-28(16-21-31)35(38)43-30-18-13-27(3)14-19-30;1-3-4-2/h13-22,25H,1,5-12,23-24H2,2-4H3;3-4H,1-2H2. The molecule has 0 saturated heterocycles. The summed E-state index contributed by atoms with van der Waals surface area (Å²) in [6.45, 7) is 14.9. The number of benzene rings is 3. The van der Waals surface area contributed by atoms with E-state index in [0.29, 0.717) is 52.9 Å². The molecule has 0 fully saturated rings.